The van der Waals surface area contributed by atoms with Gasteiger partial charge in [0.1, 0.15) is 5.82 Å². The lowest BCUT2D eigenvalue weighted by Gasteiger charge is -2.13. The molecule has 0 radical (unpaired) electrons. The van der Waals surface area contributed by atoms with E-state index in [9.17, 15) is 0 Å². The first-order valence-electron chi connectivity index (χ1n) is 7.61. The average molecular weight is 355 g/mol. The number of aromatic nitrogens is 3. The van der Waals surface area contributed by atoms with E-state index in [1.165, 1.54) is 0 Å². The Labute approximate surface area is 148 Å². The summed E-state index contributed by atoms with van der Waals surface area (Å²) < 4.78 is 10.7. The van der Waals surface area contributed by atoms with Crippen molar-refractivity contribution in [3.8, 4) is 11.5 Å². The number of halogens is 1. The second-order valence-corrected chi connectivity index (χ2v) is 5.81. The van der Waals surface area contributed by atoms with Crippen LogP contribution in [0, 0.1) is 0 Å². The van der Waals surface area contributed by atoms with E-state index in [1.807, 2.05) is 36.5 Å². The van der Waals surface area contributed by atoms with Crippen molar-refractivity contribution in [2.24, 2.45) is 0 Å². The van der Waals surface area contributed by atoms with Crippen LogP contribution in [-0.2, 0) is 0 Å². The summed E-state index contributed by atoms with van der Waals surface area (Å²) in [5.41, 5.74) is 2.64. The molecule has 6 nitrogen and oxygen atoms in total. The third-order valence-electron chi connectivity index (χ3n) is 3.99. The van der Waals surface area contributed by atoms with Crippen molar-refractivity contribution in [1.82, 2.24) is 15.0 Å². The molecule has 0 aliphatic rings. The predicted octanol–water partition coefficient (Wildman–Crippen LogP) is 4.53. The molecule has 2 aromatic heterocycles. The van der Waals surface area contributed by atoms with Crippen molar-refractivity contribution in [3.05, 3.63) is 47.9 Å². The molecule has 0 fully saturated rings. The van der Waals surface area contributed by atoms with Gasteiger partial charge in [0, 0.05) is 34.2 Å². The van der Waals surface area contributed by atoms with Crippen LogP contribution in [-0.4, -0.2) is 29.2 Å². The summed E-state index contributed by atoms with van der Waals surface area (Å²) in [7, 11) is 3.17. The van der Waals surface area contributed by atoms with Gasteiger partial charge < -0.3 is 19.8 Å². The van der Waals surface area contributed by atoms with Gasteiger partial charge in [0.25, 0.3) is 0 Å². The second-order valence-electron chi connectivity index (χ2n) is 5.47. The first-order chi connectivity index (χ1) is 12.2. The van der Waals surface area contributed by atoms with Gasteiger partial charge in [-0.3, -0.25) is 0 Å². The fraction of sp³-hybridized carbons (Fsp3) is 0.111. The lowest BCUT2D eigenvalue weighted by Crippen LogP contribution is -1.99. The SMILES string of the molecule is COc1cc2nc(Cl)nc(Nc3ccc4[nH]ccc4c3)c2cc1OC. The molecule has 0 bridgehead atoms. The number of hydrogen-bond acceptors (Lipinski definition) is 5. The minimum Gasteiger partial charge on any atom is -0.493 e. The lowest BCUT2D eigenvalue weighted by atomic mass is 10.2. The number of H-pyrrole nitrogens is 1. The van der Waals surface area contributed by atoms with Crippen molar-refractivity contribution >= 4 is 44.9 Å². The molecule has 0 spiro atoms. The Morgan fingerprint density at radius 3 is 2.60 bits per heavy atom. The van der Waals surface area contributed by atoms with Gasteiger partial charge in [-0.1, -0.05) is 0 Å². The van der Waals surface area contributed by atoms with Crippen LogP contribution < -0.4 is 14.8 Å². The Balaban J connectivity index is 1.84. The van der Waals surface area contributed by atoms with Gasteiger partial charge in [-0.25, -0.2) is 4.98 Å². The number of fused-ring (bicyclic) bond motifs is 2. The molecule has 2 N–H and O–H groups in total. The molecule has 0 aliphatic carbocycles. The van der Waals surface area contributed by atoms with Crippen LogP contribution in [0.1, 0.15) is 0 Å². The van der Waals surface area contributed by atoms with Gasteiger partial charge in [0.2, 0.25) is 5.28 Å². The number of rotatable bonds is 4. The summed E-state index contributed by atoms with van der Waals surface area (Å²) in [5, 5.41) is 5.36. The van der Waals surface area contributed by atoms with Gasteiger partial charge in [-0.2, -0.15) is 4.98 Å². The van der Waals surface area contributed by atoms with E-state index in [1.54, 1.807) is 20.3 Å². The number of nitrogens with one attached hydrogen (secondary N) is 2. The quantitative estimate of drug-likeness (QED) is 0.527. The van der Waals surface area contributed by atoms with Crippen LogP contribution in [0.4, 0.5) is 11.5 Å². The maximum absolute atomic E-state index is 6.10. The molecular formula is C18H15ClN4O2. The summed E-state index contributed by atoms with van der Waals surface area (Å²) in [6.45, 7) is 0. The fourth-order valence-corrected chi connectivity index (χ4v) is 2.97. The molecule has 2 aromatic carbocycles. The maximum atomic E-state index is 6.10. The Morgan fingerprint density at radius 1 is 1.00 bits per heavy atom. The Hall–Kier alpha value is -2.99. The summed E-state index contributed by atoms with van der Waals surface area (Å²) in [4.78, 5) is 11.8. The summed E-state index contributed by atoms with van der Waals surface area (Å²) in [5.74, 6) is 1.79. The minimum atomic E-state index is 0.157. The Morgan fingerprint density at radius 2 is 1.80 bits per heavy atom. The Kier molecular flexibility index (Phi) is 3.82. The number of hydrogen-bond donors (Lipinski definition) is 2. The van der Waals surface area contributed by atoms with Gasteiger partial charge in [0.15, 0.2) is 11.5 Å². The molecule has 4 rings (SSSR count). The molecular weight excluding hydrogens is 340 g/mol. The number of methoxy groups -OCH3 is 2. The van der Waals surface area contributed by atoms with Gasteiger partial charge in [-0.05, 0) is 41.9 Å². The molecule has 0 atom stereocenters. The molecule has 2 heterocycles. The molecule has 0 saturated heterocycles. The van der Waals surface area contributed by atoms with Crippen LogP contribution in [0.3, 0.4) is 0 Å². The van der Waals surface area contributed by atoms with Crippen LogP contribution in [0.2, 0.25) is 5.28 Å². The molecule has 0 unspecified atom stereocenters. The van der Waals surface area contributed by atoms with Crippen molar-refractivity contribution in [1.29, 1.82) is 0 Å². The molecule has 25 heavy (non-hydrogen) atoms. The highest BCUT2D eigenvalue weighted by Gasteiger charge is 2.13. The van der Waals surface area contributed by atoms with Crippen molar-refractivity contribution in [2.75, 3.05) is 19.5 Å². The average Bonchev–Trinajstić information content (AvgIpc) is 3.08. The molecule has 4 aromatic rings. The smallest absolute Gasteiger partial charge is 0.224 e. The highest BCUT2D eigenvalue weighted by Crippen LogP contribution is 2.35. The first-order valence-corrected chi connectivity index (χ1v) is 7.99. The van der Waals surface area contributed by atoms with E-state index >= 15 is 0 Å². The van der Waals surface area contributed by atoms with Crippen LogP contribution in [0.15, 0.2) is 42.6 Å². The molecule has 7 heteroatoms. The van der Waals surface area contributed by atoms with E-state index in [4.69, 9.17) is 21.1 Å². The monoisotopic (exact) mass is 354 g/mol. The second kappa shape index (κ2) is 6.14. The lowest BCUT2D eigenvalue weighted by molar-refractivity contribution is 0.356. The number of aromatic amines is 1. The zero-order chi connectivity index (χ0) is 17.4. The largest absolute Gasteiger partial charge is 0.493 e. The summed E-state index contributed by atoms with van der Waals surface area (Å²) in [6.07, 6.45) is 1.91. The number of benzene rings is 2. The fourth-order valence-electron chi connectivity index (χ4n) is 2.79. The van der Waals surface area contributed by atoms with Crippen LogP contribution in [0.5, 0.6) is 11.5 Å². The minimum absolute atomic E-state index is 0.157. The number of anilines is 2. The van der Waals surface area contributed by atoms with E-state index in [0.717, 1.165) is 22.0 Å². The summed E-state index contributed by atoms with van der Waals surface area (Å²) in [6, 6.07) is 11.6. The molecule has 126 valence electrons. The molecule has 0 aliphatic heterocycles. The topological polar surface area (TPSA) is 72.1 Å². The third kappa shape index (κ3) is 2.81. The van der Waals surface area contributed by atoms with Gasteiger partial charge >= 0.3 is 0 Å². The third-order valence-corrected chi connectivity index (χ3v) is 4.16. The molecule has 0 saturated carbocycles. The first kappa shape index (κ1) is 15.5. The van der Waals surface area contributed by atoms with Crippen molar-refractivity contribution < 1.29 is 9.47 Å². The highest BCUT2D eigenvalue weighted by atomic mass is 35.5. The van der Waals surface area contributed by atoms with E-state index in [2.05, 4.69) is 20.3 Å². The van der Waals surface area contributed by atoms with Crippen molar-refractivity contribution in [2.45, 2.75) is 0 Å². The van der Waals surface area contributed by atoms with E-state index in [0.29, 0.717) is 22.8 Å². The number of nitrogens with zero attached hydrogens (tertiary/aromatic N) is 2. The summed E-state index contributed by atoms with van der Waals surface area (Å²) >= 11 is 6.10. The maximum Gasteiger partial charge on any atom is 0.224 e. The normalized spacial score (nSPS) is 11.0. The zero-order valence-electron chi connectivity index (χ0n) is 13.6. The highest BCUT2D eigenvalue weighted by molar-refractivity contribution is 6.28. The standard InChI is InChI=1S/C18H15ClN4O2/c1-24-15-8-12-14(9-16(15)25-2)22-18(19)23-17(12)21-11-3-4-13-10(7-11)5-6-20-13/h3-9,20H,1-2H3,(H,21,22,23). The van der Waals surface area contributed by atoms with E-state index < -0.39 is 0 Å². The van der Waals surface area contributed by atoms with Crippen LogP contribution >= 0.6 is 11.6 Å². The van der Waals surface area contributed by atoms with Gasteiger partial charge in [0.05, 0.1) is 19.7 Å². The van der Waals surface area contributed by atoms with Crippen molar-refractivity contribution in [3.63, 3.8) is 0 Å². The van der Waals surface area contributed by atoms with Crippen LogP contribution in [0.25, 0.3) is 21.8 Å². The molecule has 0 amide bonds. The van der Waals surface area contributed by atoms with Gasteiger partial charge in [-0.15, -0.1) is 0 Å². The number of ether oxygens (including phenoxy) is 2. The predicted molar refractivity (Wildman–Crippen MR) is 99.2 cm³/mol. The Bertz CT molecular complexity index is 1080. The zero-order valence-corrected chi connectivity index (χ0v) is 14.4. The van der Waals surface area contributed by atoms with E-state index in [-0.39, 0.29) is 5.28 Å².